The van der Waals surface area contributed by atoms with E-state index >= 15 is 0 Å². The largest absolute Gasteiger partial charge is 0.494 e. The number of aryl methyl sites for hydroxylation is 3. The van der Waals surface area contributed by atoms with Gasteiger partial charge in [0, 0.05) is 5.56 Å². The zero-order valence-corrected chi connectivity index (χ0v) is 18.1. The van der Waals surface area contributed by atoms with Gasteiger partial charge in [-0.1, -0.05) is 45.9 Å². The first-order valence-electron chi connectivity index (χ1n) is 9.30. The summed E-state index contributed by atoms with van der Waals surface area (Å²) in [4.78, 5) is 13.0. The molecule has 0 radical (unpaired) electrons. The molecule has 0 aromatic heterocycles. The van der Waals surface area contributed by atoms with Crippen LogP contribution in [0.4, 0.5) is 0 Å². The van der Waals surface area contributed by atoms with Crippen LogP contribution in [0.25, 0.3) is 0 Å². The van der Waals surface area contributed by atoms with E-state index in [9.17, 15) is 4.79 Å². The maximum atomic E-state index is 13.0. The minimum atomic E-state index is 0.0876. The molecular weight excluding hydrogens is 339 g/mol. The summed E-state index contributed by atoms with van der Waals surface area (Å²) in [7, 11) is 0.135. The first-order valence-corrected chi connectivity index (χ1v) is 10.3. The van der Waals surface area contributed by atoms with Gasteiger partial charge in [-0.15, -0.1) is 0 Å². The average Bonchev–Trinajstić information content (AvgIpc) is 2.53. The van der Waals surface area contributed by atoms with Gasteiger partial charge in [0.05, 0.1) is 6.61 Å². The molecule has 140 valence electrons. The lowest BCUT2D eigenvalue weighted by Gasteiger charge is -2.22. The molecule has 2 aromatic carbocycles. The molecule has 0 fully saturated rings. The minimum Gasteiger partial charge on any atom is -0.494 e. The third kappa shape index (κ3) is 4.95. The Hall–Kier alpha value is -1.66. The molecule has 2 aromatic rings. The molecule has 2 rings (SSSR count). The van der Waals surface area contributed by atoms with Gasteiger partial charge in [0.2, 0.25) is 0 Å². The zero-order chi connectivity index (χ0) is 19.5. The van der Waals surface area contributed by atoms with Crippen molar-refractivity contribution in [2.24, 2.45) is 0 Å². The van der Waals surface area contributed by atoms with Crippen LogP contribution in [0, 0.1) is 20.8 Å². The average molecular weight is 370 g/mol. The van der Waals surface area contributed by atoms with E-state index in [0.29, 0.717) is 0 Å². The zero-order valence-electron chi connectivity index (χ0n) is 17.1. The fourth-order valence-electron chi connectivity index (χ4n) is 3.03. The van der Waals surface area contributed by atoms with Gasteiger partial charge >= 0.3 is 0 Å². The molecule has 0 aliphatic heterocycles. The molecule has 1 unspecified atom stereocenters. The molecule has 0 aliphatic carbocycles. The van der Waals surface area contributed by atoms with E-state index in [1.807, 2.05) is 18.2 Å². The molecule has 0 spiro atoms. The van der Waals surface area contributed by atoms with Gasteiger partial charge in [0.25, 0.3) is 0 Å². The van der Waals surface area contributed by atoms with Gasteiger partial charge in [0.1, 0.15) is 5.75 Å². The lowest BCUT2D eigenvalue weighted by atomic mass is 9.84. The molecule has 1 atom stereocenters. The van der Waals surface area contributed by atoms with Crippen molar-refractivity contribution < 1.29 is 9.53 Å². The molecule has 0 amide bonds. The van der Waals surface area contributed by atoms with Gasteiger partial charge in [-0.3, -0.25) is 4.79 Å². The standard InChI is InChI=1S/C23H31O2P/c1-8-11-25-19-9-10-20(15(2)14-19)26-22(24)21-16(3)12-18(13-17(21)4)23(5,6)7/h9-10,12-14,26H,8,11H2,1-7H3. The van der Waals surface area contributed by atoms with E-state index in [0.717, 1.165) is 46.3 Å². The lowest BCUT2D eigenvalue weighted by Crippen LogP contribution is -2.14. The van der Waals surface area contributed by atoms with E-state index in [-0.39, 0.29) is 19.5 Å². The SMILES string of the molecule is CCCOc1ccc(PC(=O)c2c(C)cc(C(C)(C)C)cc2C)c(C)c1. The first kappa shape index (κ1) is 20.6. The van der Waals surface area contributed by atoms with E-state index in [4.69, 9.17) is 4.74 Å². The highest BCUT2D eigenvalue weighted by Gasteiger charge is 2.20. The van der Waals surface area contributed by atoms with Crippen LogP contribution in [0.2, 0.25) is 0 Å². The molecule has 0 saturated carbocycles. The second-order valence-corrected chi connectivity index (χ2v) is 9.26. The Kier molecular flexibility index (Phi) is 6.64. The Morgan fingerprint density at radius 3 is 2.12 bits per heavy atom. The van der Waals surface area contributed by atoms with Crippen LogP contribution in [0.3, 0.4) is 0 Å². The van der Waals surface area contributed by atoms with Gasteiger partial charge in [0.15, 0.2) is 5.52 Å². The van der Waals surface area contributed by atoms with Gasteiger partial charge in [-0.05, 0) is 80.9 Å². The molecule has 0 saturated heterocycles. The molecule has 0 N–H and O–H groups in total. The molecular formula is C23H31O2P. The van der Waals surface area contributed by atoms with E-state index in [1.165, 1.54) is 5.56 Å². The summed E-state index contributed by atoms with van der Waals surface area (Å²) in [5.74, 6) is 0.882. The van der Waals surface area contributed by atoms with Crippen LogP contribution in [0.1, 0.15) is 66.7 Å². The van der Waals surface area contributed by atoms with Crippen LogP contribution in [-0.2, 0) is 5.41 Å². The number of carbonyl (C=O) groups is 1. The molecule has 26 heavy (non-hydrogen) atoms. The summed E-state index contributed by atoms with van der Waals surface area (Å²) in [6.07, 6.45) is 0.990. The maximum absolute atomic E-state index is 13.0. The number of ether oxygens (including phenoxy) is 1. The van der Waals surface area contributed by atoms with Crippen molar-refractivity contribution in [1.29, 1.82) is 0 Å². The highest BCUT2D eigenvalue weighted by molar-refractivity contribution is 7.66. The van der Waals surface area contributed by atoms with Crippen molar-refractivity contribution in [2.75, 3.05) is 6.61 Å². The summed E-state index contributed by atoms with van der Waals surface area (Å²) in [6.45, 7) is 15.6. The van der Waals surface area contributed by atoms with Crippen molar-refractivity contribution in [2.45, 2.75) is 60.3 Å². The van der Waals surface area contributed by atoms with Crippen LogP contribution >= 0.6 is 8.58 Å². The molecule has 0 aliphatic rings. The predicted octanol–water partition coefficient (Wildman–Crippen LogP) is 5.84. The number of hydrogen-bond donors (Lipinski definition) is 0. The van der Waals surface area contributed by atoms with Crippen LogP contribution in [0.5, 0.6) is 5.75 Å². The molecule has 0 heterocycles. The van der Waals surface area contributed by atoms with Gasteiger partial charge in [-0.25, -0.2) is 0 Å². The highest BCUT2D eigenvalue weighted by atomic mass is 31.1. The number of rotatable bonds is 6. The normalized spacial score (nSPS) is 12.0. The second-order valence-electron chi connectivity index (χ2n) is 8.01. The van der Waals surface area contributed by atoms with Gasteiger partial charge < -0.3 is 4.74 Å². The lowest BCUT2D eigenvalue weighted by molar-refractivity contribution is 0.108. The van der Waals surface area contributed by atoms with Gasteiger partial charge in [-0.2, -0.15) is 0 Å². The van der Waals surface area contributed by atoms with Crippen LogP contribution < -0.4 is 10.0 Å². The molecule has 2 nitrogen and oxygen atoms in total. The summed E-state index contributed by atoms with van der Waals surface area (Å²) in [6, 6.07) is 10.4. The topological polar surface area (TPSA) is 26.3 Å². The second kappa shape index (κ2) is 8.35. The number of benzene rings is 2. The Balaban J connectivity index is 2.25. The first-order chi connectivity index (χ1) is 12.1. The molecule has 3 heteroatoms. The van der Waals surface area contributed by atoms with E-state index < -0.39 is 0 Å². The smallest absolute Gasteiger partial charge is 0.186 e. The summed E-state index contributed by atoms with van der Waals surface area (Å²) in [5.41, 5.74) is 5.73. The van der Waals surface area contributed by atoms with Crippen molar-refractivity contribution in [3.05, 3.63) is 58.1 Å². The third-order valence-corrected chi connectivity index (χ3v) is 5.85. The fourth-order valence-corrected chi connectivity index (χ4v) is 4.23. The summed E-state index contributed by atoms with van der Waals surface area (Å²) >= 11 is 0. The number of carbonyl (C=O) groups excluding carboxylic acids is 1. The van der Waals surface area contributed by atoms with Crippen molar-refractivity contribution >= 4 is 19.4 Å². The Morgan fingerprint density at radius 1 is 1.00 bits per heavy atom. The monoisotopic (exact) mass is 370 g/mol. The van der Waals surface area contributed by atoms with Crippen LogP contribution in [0.15, 0.2) is 30.3 Å². The third-order valence-electron chi connectivity index (χ3n) is 4.54. The fraction of sp³-hybridized carbons (Fsp3) is 0.435. The van der Waals surface area contributed by atoms with Crippen LogP contribution in [-0.4, -0.2) is 12.1 Å². The number of hydrogen-bond acceptors (Lipinski definition) is 2. The Morgan fingerprint density at radius 2 is 1.62 bits per heavy atom. The summed E-state index contributed by atoms with van der Waals surface area (Å²) < 4.78 is 5.68. The van der Waals surface area contributed by atoms with E-state index in [2.05, 4.69) is 60.6 Å². The Labute approximate surface area is 160 Å². The van der Waals surface area contributed by atoms with E-state index in [1.54, 1.807) is 0 Å². The van der Waals surface area contributed by atoms with Crippen molar-refractivity contribution in [3.63, 3.8) is 0 Å². The predicted molar refractivity (Wildman–Crippen MR) is 114 cm³/mol. The maximum Gasteiger partial charge on any atom is 0.186 e. The Bertz CT molecular complexity index is 777. The van der Waals surface area contributed by atoms with Crippen molar-refractivity contribution in [3.8, 4) is 5.75 Å². The summed E-state index contributed by atoms with van der Waals surface area (Å²) in [5, 5.41) is 1.09. The minimum absolute atomic E-state index is 0.0876. The molecule has 0 bridgehead atoms. The van der Waals surface area contributed by atoms with Crippen molar-refractivity contribution in [1.82, 2.24) is 0 Å². The highest BCUT2D eigenvalue weighted by Crippen LogP contribution is 2.31. The quantitative estimate of drug-likeness (QED) is 0.597.